The number of nitrogens with zero attached hydrogens (tertiary/aromatic N) is 4. The molecule has 2 aromatic heterocycles. The van der Waals surface area contributed by atoms with Crippen LogP contribution in [0.1, 0.15) is 46.5 Å². The lowest BCUT2D eigenvalue weighted by atomic mass is 10.2. The number of esters is 1. The molecule has 1 fully saturated rings. The monoisotopic (exact) mass is 409 g/mol. The molecule has 152 valence electrons. The van der Waals surface area contributed by atoms with Crippen LogP contribution in [0, 0.1) is 0 Å². The summed E-state index contributed by atoms with van der Waals surface area (Å²) in [5, 5.41) is 2.82. The van der Waals surface area contributed by atoms with E-state index < -0.39 is 23.7 Å². The first-order chi connectivity index (χ1) is 13.2. The second kappa shape index (κ2) is 8.30. The minimum Gasteiger partial charge on any atom is -0.461 e. The SMILES string of the molecule is CC(C)(C)OC(=O)N[C@@H](Cn1cnc2c(Cl)ncnc21)C(=O)OC1CCCC1. The van der Waals surface area contributed by atoms with Gasteiger partial charge in [-0.25, -0.2) is 24.5 Å². The van der Waals surface area contributed by atoms with Crippen molar-refractivity contribution in [3.63, 3.8) is 0 Å². The molecule has 0 aliphatic heterocycles. The lowest BCUT2D eigenvalue weighted by Gasteiger charge is -2.24. The van der Waals surface area contributed by atoms with E-state index in [-0.39, 0.29) is 17.8 Å². The van der Waals surface area contributed by atoms with Crippen molar-refractivity contribution in [3.05, 3.63) is 17.8 Å². The van der Waals surface area contributed by atoms with E-state index in [1.807, 2.05) is 0 Å². The summed E-state index contributed by atoms with van der Waals surface area (Å²) in [7, 11) is 0. The first kappa shape index (κ1) is 20.3. The van der Waals surface area contributed by atoms with E-state index in [0.29, 0.717) is 11.2 Å². The van der Waals surface area contributed by atoms with Crippen LogP contribution in [0.25, 0.3) is 11.2 Å². The summed E-state index contributed by atoms with van der Waals surface area (Å²) >= 11 is 6.03. The number of hydrogen-bond acceptors (Lipinski definition) is 7. The highest BCUT2D eigenvalue weighted by atomic mass is 35.5. The topological polar surface area (TPSA) is 108 Å². The summed E-state index contributed by atoms with van der Waals surface area (Å²) in [6.45, 7) is 5.33. The normalized spacial score (nSPS) is 16.1. The molecule has 0 radical (unpaired) electrons. The Kier molecular flexibility index (Phi) is 6.02. The number of fused-ring (bicyclic) bond motifs is 1. The van der Waals surface area contributed by atoms with E-state index in [0.717, 1.165) is 25.7 Å². The van der Waals surface area contributed by atoms with E-state index in [1.54, 1.807) is 25.3 Å². The Hall–Kier alpha value is -2.42. The molecule has 1 atom stereocenters. The Morgan fingerprint density at radius 3 is 2.68 bits per heavy atom. The van der Waals surface area contributed by atoms with Crippen molar-refractivity contribution in [2.24, 2.45) is 0 Å². The molecule has 0 bridgehead atoms. The number of halogens is 1. The summed E-state index contributed by atoms with van der Waals surface area (Å²) < 4.78 is 12.5. The number of rotatable bonds is 5. The summed E-state index contributed by atoms with van der Waals surface area (Å²) in [5.74, 6) is -0.514. The van der Waals surface area contributed by atoms with Gasteiger partial charge >= 0.3 is 12.1 Å². The van der Waals surface area contributed by atoms with E-state index in [2.05, 4.69) is 20.3 Å². The van der Waals surface area contributed by atoms with E-state index >= 15 is 0 Å². The predicted octanol–water partition coefficient (Wildman–Crippen LogP) is 2.86. The zero-order chi connectivity index (χ0) is 20.3. The largest absolute Gasteiger partial charge is 0.461 e. The molecule has 0 saturated heterocycles. The highest BCUT2D eigenvalue weighted by molar-refractivity contribution is 6.33. The third-order valence-electron chi connectivity index (χ3n) is 4.30. The molecule has 0 spiro atoms. The van der Waals surface area contributed by atoms with Crippen molar-refractivity contribution in [1.82, 2.24) is 24.8 Å². The van der Waals surface area contributed by atoms with Crippen LogP contribution in [0.3, 0.4) is 0 Å². The highest BCUT2D eigenvalue weighted by Gasteiger charge is 2.29. The van der Waals surface area contributed by atoms with Gasteiger partial charge in [-0.3, -0.25) is 0 Å². The van der Waals surface area contributed by atoms with Crippen LogP contribution in [0.15, 0.2) is 12.7 Å². The van der Waals surface area contributed by atoms with Crippen LogP contribution in [-0.2, 0) is 20.8 Å². The second-order valence-corrected chi connectivity index (χ2v) is 8.13. The van der Waals surface area contributed by atoms with Crippen molar-refractivity contribution in [2.75, 3.05) is 0 Å². The van der Waals surface area contributed by atoms with Crippen LogP contribution in [0.4, 0.5) is 4.79 Å². The average molecular weight is 410 g/mol. The predicted molar refractivity (Wildman–Crippen MR) is 102 cm³/mol. The highest BCUT2D eigenvalue weighted by Crippen LogP contribution is 2.22. The Bertz CT molecular complexity index is 857. The first-order valence-electron chi connectivity index (χ1n) is 9.24. The maximum atomic E-state index is 12.7. The van der Waals surface area contributed by atoms with Crippen LogP contribution in [-0.4, -0.2) is 49.3 Å². The molecule has 3 rings (SSSR count). The number of amides is 1. The first-order valence-corrected chi connectivity index (χ1v) is 9.62. The second-order valence-electron chi connectivity index (χ2n) is 7.78. The fourth-order valence-corrected chi connectivity index (χ4v) is 3.24. The molecular formula is C18H24ClN5O4. The maximum Gasteiger partial charge on any atom is 0.408 e. The van der Waals surface area contributed by atoms with Crippen LogP contribution >= 0.6 is 11.6 Å². The molecule has 2 aromatic rings. The standard InChI is InChI=1S/C18H24ClN5O4/c1-18(2,3)28-17(26)23-12(16(25)27-11-6-4-5-7-11)8-24-10-22-13-14(19)20-9-21-15(13)24/h9-12H,4-8H2,1-3H3,(H,23,26)/t12-/m0/s1. The Balaban J connectivity index is 1.78. The number of alkyl carbamates (subject to hydrolysis) is 1. The van der Waals surface area contributed by atoms with Crippen molar-refractivity contribution in [3.8, 4) is 0 Å². The van der Waals surface area contributed by atoms with Crippen molar-refractivity contribution < 1.29 is 19.1 Å². The quantitative estimate of drug-likeness (QED) is 0.597. The van der Waals surface area contributed by atoms with Gasteiger partial charge in [0.25, 0.3) is 0 Å². The molecule has 10 heteroatoms. The van der Waals surface area contributed by atoms with Gasteiger partial charge in [0, 0.05) is 0 Å². The van der Waals surface area contributed by atoms with Crippen molar-refractivity contribution in [1.29, 1.82) is 0 Å². The van der Waals surface area contributed by atoms with Crippen LogP contribution in [0.2, 0.25) is 5.15 Å². The number of hydrogen-bond donors (Lipinski definition) is 1. The third kappa shape index (κ3) is 5.09. The summed E-state index contributed by atoms with van der Waals surface area (Å²) in [5.41, 5.74) is 0.195. The number of ether oxygens (including phenoxy) is 2. The van der Waals surface area contributed by atoms with Gasteiger partial charge in [-0.15, -0.1) is 0 Å². The number of nitrogens with one attached hydrogen (secondary N) is 1. The molecule has 1 saturated carbocycles. The van der Waals surface area contributed by atoms with Crippen LogP contribution in [0.5, 0.6) is 0 Å². The zero-order valence-electron chi connectivity index (χ0n) is 16.1. The van der Waals surface area contributed by atoms with Gasteiger partial charge in [-0.1, -0.05) is 11.6 Å². The zero-order valence-corrected chi connectivity index (χ0v) is 16.9. The number of imidazole rings is 1. The van der Waals surface area contributed by atoms with Gasteiger partial charge in [0.1, 0.15) is 29.6 Å². The van der Waals surface area contributed by atoms with Crippen molar-refractivity contribution in [2.45, 2.75) is 70.7 Å². The fourth-order valence-electron chi connectivity index (χ4n) is 3.06. The molecule has 1 aliphatic carbocycles. The molecular weight excluding hydrogens is 386 g/mol. The van der Waals surface area contributed by atoms with Crippen molar-refractivity contribution >= 4 is 34.8 Å². The maximum absolute atomic E-state index is 12.7. The van der Waals surface area contributed by atoms with Gasteiger partial charge in [0.15, 0.2) is 10.8 Å². The fraction of sp³-hybridized carbons (Fsp3) is 0.611. The summed E-state index contributed by atoms with van der Waals surface area (Å²) in [6.07, 6.45) is 5.73. The van der Waals surface area contributed by atoms with E-state index in [4.69, 9.17) is 21.1 Å². The molecule has 1 aliphatic rings. The van der Waals surface area contributed by atoms with Crippen LogP contribution < -0.4 is 5.32 Å². The number of carbonyl (C=O) groups excluding carboxylic acids is 2. The average Bonchev–Trinajstić information content (AvgIpc) is 3.23. The smallest absolute Gasteiger partial charge is 0.408 e. The van der Waals surface area contributed by atoms with E-state index in [1.165, 1.54) is 12.7 Å². The molecule has 0 aromatic carbocycles. The number of carbonyl (C=O) groups is 2. The van der Waals surface area contributed by atoms with Gasteiger partial charge in [0.05, 0.1) is 12.9 Å². The number of aromatic nitrogens is 4. The molecule has 0 unspecified atom stereocenters. The van der Waals surface area contributed by atoms with Gasteiger partial charge in [-0.05, 0) is 46.5 Å². The molecule has 2 heterocycles. The molecule has 1 amide bonds. The minimum atomic E-state index is -0.957. The summed E-state index contributed by atoms with van der Waals surface area (Å²) in [6, 6.07) is -0.957. The minimum absolute atomic E-state index is 0.0780. The Morgan fingerprint density at radius 1 is 1.29 bits per heavy atom. The molecule has 28 heavy (non-hydrogen) atoms. The molecule has 1 N–H and O–H groups in total. The third-order valence-corrected chi connectivity index (χ3v) is 4.57. The lowest BCUT2D eigenvalue weighted by Crippen LogP contribution is -2.47. The summed E-state index contributed by atoms with van der Waals surface area (Å²) in [4.78, 5) is 37.2. The molecule has 9 nitrogen and oxygen atoms in total. The van der Waals surface area contributed by atoms with Gasteiger partial charge in [0.2, 0.25) is 0 Å². The lowest BCUT2D eigenvalue weighted by molar-refractivity contribution is -0.151. The van der Waals surface area contributed by atoms with Gasteiger partial charge in [-0.2, -0.15) is 0 Å². The van der Waals surface area contributed by atoms with Gasteiger partial charge < -0.3 is 19.4 Å². The Morgan fingerprint density at radius 2 is 2.00 bits per heavy atom. The van der Waals surface area contributed by atoms with E-state index in [9.17, 15) is 9.59 Å². The Labute approximate surface area is 167 Å².